The summed E-state index contributed by atoms with van der Waals surface area (Å²) in [6.07, 6.45) is 1.37. The van der Waals surface area contributed by atoms with Crippen molar-refractivity contribution >= 4 is 5.97 Å². The second-order valence-electron chi connectivity index (χ2n) is 4.13. The van der Waals surface area contributed by atoms with Gasteiger partial charge in [0.1, 0.15) is 5.60 Å². The number of hydrogen-bond donors (Lipinski definition) is 1. The molecule has 0 bridgehead atoms. The van der Waals surface area contributed by atoms with Crippen molar-refractivity contribution in [1.29, 1.82) is 0 Å². The summed E-state index contributed by atoms with van der Waals surface area (Å²) < 4.78 is 4.91. The lowest BCUT2D eigenvalue weighted by Gasteiger charge is -2.27. The molecule has 1 N–H and O–H groups in total. The first-order valence-electron chi connectivity index (χ1n) is 6.06. The van der Waals surface area contributed by atoms with Gasteiger partial charge in [0.15, 0.2) is 0 Å². The molecule has 0 amide bonds. The Morgan fingerprint density at radius 2 is 1.94 bits per heavy atom. The first-order chi connectivity index (χ1) is 8.12. The highest BCUT2D eigenvalue weighted by Crippen LogP contribution is 2.30. The van der Waals surface area contributed by atoms with Gasteiger partial charge in [0.05, 0.1) is 13.0 Å². The average molecular weight is 236 g/mol. The molecule has 0 radical (unpaired) electrons. The third kappa shape index (κ3) is 3.86. The van der Waals surface area contributed by atoms with E-state index in [0.717, 1.165) is 12.0 Å². The van der Waals surface area contributed by atoms with Crippen LogP contribution in [0.2, 0.25) is 0 Å². The maximum absolute atomic E-state index is 11.5. The number of aliphatic hydroxyl groups is 1. The first kappa shape index (κ1) is 13.7. The van der Waals surface area contributed by atoms with Crippen molar-refractivity contribution in [1.82, 2.24) is 0 Å². The first-order valence-corrected chi connectivity index (χ1v) is 6.06. The SMILES string of the molecule is CCCC(O)(CC(=O)OCC)c1ccccc1. The van der Waals surface area contributed by atoms with Gasteiger partial charge in [-0.25, -0.2) is 0 Å². The quantitative estimate of drug-likeness (QED) is 0.772. The largest absolute Gasteiger partial charge is 0.466 e. The highest BCUT2D eigenvalue weighted by Gasteiger charge is 2.31. The Kier molecular flexibility index (Phi) is 5.16. The van der Waals surface area contributed by atoms with Crippen molar-refractivity contribution in [3.8, 4) is 0 Å². The topological polar surface area (TPSA) is 46.5 Å². The van der Waals surface area contributed by atoms with Crippen LogP contribution in [0, 0.1) is 0 Å². The van der Waals surface area contributed by atoms with Crippen LogP contribution in [-0.2, 0) is 15.1 Å². The zero-order valence-electron chi connectivity index (χ0n) is 10.5. The van der Waals surface area contributed by atoms with Crippen LogP contribution in [0.4, 0.5) is 0 Å². The van der Waals surface area contributed by atoms with Crippen molar-refractivity contribution in [2.24, 2.45) is 0 Å². The molecule has 0 saturated heterocycles. The van der Waals surface area contributed by atoms with Gasteiger partial charge in [-0.1, -0.05) is 43.7 Å². The molecule has 3 heteroatoms. The second kappa shape index (κ2) is 6.40. The molecule has 17 heavy (non-hydrogen) atoms. The Morgan fingerprint density at radius 1 is 1.29 bits per heavy atom. The van der Waals surface area contributed by atoms with E-state index in [1.54, 1.807) is 6.92 Å². The fraction of sp³-hybridized carbons (Fsp3) is 0.500. The molecular formula is C14H20O3. The fourth-order valence-corrected chi connectivity index (χ4v) is 1.95. The smallest absolute Gasteiger partial charge is 0.309 e. The van der Waals surface area contributed by atoms with Crippen molar-refractivity contribution in [3.05, 3.63) is 35.9 Å². The lowest BCUT2D eigenvalue weighted by atomic mass is 9.86. The summed E-state index contributed by atoms with van der Waals surface area (Å²) in [6, 6.07) is 9.30. The molecule has 1 aromatic carbocycles. The minimum atomic E-state index is -1.11. The van der Waals surface area contributed by atoms with Gasteiger partial charge >= 0.3 is 5.97 Å². The van der Waals surface area contributed by atoms with Gasteiger partial charge < -0.3 is 9.84 Å². The molecule has 3 nitrogen and oxygen atoms in total. The predicted octanol–water partition coefficient (Wildman–Crippen LogP) is 2.63. The molecule has 1 atom stereocenters. The number of ether oxygens (including phenoxy) is 1. The second-order valence-corrected chi connectivity index (χ2v) is 4.13. The molecule has 0 spiro atoms. The van der Waals surface area contributed by atoms with Crippen LogP contribution in [0.1, 0.15) is 38.7 Å². The Balaban J connectivity index is 2.86. The van der Waals surface area contributed by atoms with Crippen LogP contribution in [-0.4, -0.2) is 17.7 Å². The monoisotopic (exact) mass is 236 g/mol. The van der Waals surface area contributed by atoms with E-state index in [0.29, 0.717) is 13.0 Å². The summed E-state index contributed by atoms with van der Waals surface area (Å²) in [5.41, 5.74) is -0.336. The number of rotatable bonds is 6. The van der Waals surface area contributed by atoms with Gasteiger partial charge in [-0.2, -0.15) is 0 Å². The molecule has 1 aromatic rings. The summed E-state index contributed by atoms with van der Waals surface area (Å²) >= 11 is 0. The highest BCUT2D eigenvalue weighted by atomic mass is 16.5. The van der Waals surface area contributed by atoms with Crippen LogP contribution in [0.3, 0.4) is 0 Å². The highest BCUT2D eigenvalue weighted by molar-refractivity contribution is 5.71. The number of hydrogen-bond acceptors (Lipinski definition) is 3. The van der Waals surface area contributed by atoms with E-state index in [9.17, 15) is 9.90 Å². The minimum Gasteiger partial charge on any atom is -0.466 e. The van der Waals surface area contributed by atoms with Gasteiger partial charge in [-0.15, -0.1) is 0 Å². The third-order valence-corrected chi connectivity index (χ3v) is 2.72. The van der Waals surface area contributed by atoms with Crippen LogP contribution in [0.15, 0.2) is 30.3 Å². The molecule has 0 saturated carbocycles. The van der Waals surface area contributed by atoms with Crippen LogP contribution in [0.5, 0.6) is 0 Å². The zero-order chi connectivity index (χ0) is 12.7. The van der Waals surface area contributed by atoms with Crippen molar-refractivity contribution in [2.45, 2.75) is 38.7 Å². The fourth-order valence-electron chi connectivity index (χ4n) is 1.95. The average Bonchev–Trinajstić information content (AvgIpc) is 2.30. The molecule has 94 valence electrons. The molecule has 0 aromatic heterocycles. The van der Waals surface area contributed by atoms with Crippen LogP contribution < -0.4 is 0 Å². The summed E-state index contributed by atoms with van der Waals surface area (Å²) in [5.74, 6) is -0.354. The van der Waals surface area contributed by atoms with E-state index in [1.807, 2.05) is 37.3 Å². The Labute approximate surface area is 102 Å². The molecule has 0 heterocycles. The Bertz CT molecular complexity index is 348. The maximum Gasteiger partial charge on any atom is 0.309 e. The Morgan fingerprint density at radius 3 is 2.47 bits per heavy atom. The molecule has 0 aliphatic carbocycles. The number of carbonyl (C=O) groups excluding carboxylic acids is 1. The van der Waals surface area contributed by atoms with Crippen LogP contribution in [0.25, 0.3) is 0 Å². The van der Waals surface area contributed by atoms with Crippen LogP contribution >= 0.6 is 0 Å². The lowest BCUT2D eigenvalue weighted by Crippen LogP contribution is -2.29. The van der Waals surface area contributed by atoms with E-state index >= 15 is 0 Å². The molecule has 0 fully saturated rings. The van der Waals surface area contributed by atoms with E-state index in [4.69, 9.17) is 4.74 Å². The van der Waals surface area contributed by atoms with Gasteiger partial charge in [0, 0.05) is 0 Å². The van der Waals surface area contributed by atoms with Crippen molar-refractivity contribution < 1.29 is 14.6 Å². The van der Waals surface area contributed by atoms with Gasteiger partial charge in [0.2, 0.25) is 0 Å². The van der Waals surface area contributed by atoms with E-state index < -0.39 is 5.60 Å². The minimum absolute atomic E-state index is 0.0126. The molecule has 1 unspecified atom stereocenters. The van der Waals surface area contributed by atoms with Crippen molar-refractivity contribution in [2.75, 3.05) is 6.61 Å². The zero-order valence-corrected chi connectivity index (χ0v) is 10.5. The number of esters is 1. The standard InChI is InChI=1S/C14H20O3/c1-3-10-14(16,11-13(15)17-4-2)12-8-6-5-7-9-12/h5-9,16H,3-4,10-11H2,1-2H3. The normalized spacial score (nSPS) is 14.1. The molecule has 0 aliphatic rings. The molecular weight excluding hydrogens is 216 g/mol. The van der Waals surface area contributed by atoms with Crippen molar-refractivity contribution in [3.63, 3.8) is 0 Å². The van der Waals surface area contributed by atoms with E-state index in [-0.39, 0.29) is 12.4 Å². The summed E-state index contributed by atoms with van der Waals surface area (Å²) in [5, 5.41) is 10.6. The molecule has 0 aliphatic heterocycles. The Hall–Kier alpha value is -1.35. The number of carbonyl (C=O) groups is 1. The van der Waals surface area contributed by atoms with Gasteiger partial charge in [0.25, 0.3) is 0 Å². The molecule has 1 rings (SSSR count). The van der Waals surface area contributed by atoms with Gasteiger partial charge in [-0.05, 0) is 18.9 Å². The summed E-state index contributed by atoms with van der Waals surface area (Å²) in [6.45, 7) is 4.09. The van der Waals surface area contributed by atoms with E-state index in [1.165, 1.54) is 0 Å². The van der Waals surface area contributed by atoms with E-state index in [2.05, 4.69) is 0 Å². The number of benzene rings is 1. The third-order valence-electron chi connectivity index (χ3n) is 2.72. The summed E-state index contributed by atoms with van der Waals surface area (Å²) in [4.78, 5) is 11.5. The lowest BCUT2D eigenvalue weighted by molar-refractivity contribution is -0.149. The predicted molar refractivity (Wildman–Crippen MR) is 66.5 cm³/mol. The maximum atomic E-state index is 11.5. The summed E-state index contributed by atoms with van der Waals surface area (Å²) in [7, 11) is 0. The van der Waals surface area contributed by atoms with Gasteiger partial charge in [-0.3, -0.25) is 4.79 Å².